The number of rotatable bonds is 6. The number of aliphatic hydroxyl groups is 1. The summed E-state index contributed by atoms with van der Waals surface area (Å²) in [6.45, 7) is 13.8. The minimum atomic E-state index is -1.16. The van der Waals surface area contributed by atoms with E-state index in [-0.39, 0.29) is 42.4 Å². The number of carbonyl (C=O) groups is 2. The average molecular weight is 670 g/mol. The molecule has 5 saturated carbocycles. The molecule has 7 fully saturated rings. The fourth-order valence-electron chi connectivity index (χ4n) is 13.2. The minimum Gasteiger partial charge on any atom is -0.457 e. The predicted molar refractivity (Wildman–Crippen MR) is 179 cm³/mol. The molecule has 268 valence electrons. The van der Waals surface area contributed by atoms with Gasteiger partial charge >= 0.3 is 5.97 Å². The standard InChI is InChI=1S/C38H57N3O7.H2/c1-22(42)46-31(35(4,5)44)26-9-7-24-27(47-26)19-25-23-8-10-28-34(2,3)29(11-12-38(28)21-37(23,38)14-13-36(24,25)6)48-30-20-41(17-18-45-30)33(43)32-39-15-16-40-32;/h15-16,23-31,44H,7-14,17-21H2,1-6H3,(H,39,40);1H/t23?,24?,25?,26?,27?,28?,29-,30?,31-,36?,37-,38?;/m0./s1. The predicted octanol–water partition coefficient (Wildman–Crippen LogP) is 5.75. The van der Waals surface area contributed by atoms with Crippen molar-refractivity contribution in [1.29, 1.82) is 0 Å². The summed E-state index contributed by atoms with van der Waals surface area (Å²) in [5.74, 6) is 2.43. The van der Waals surface area contributed by atoms with Gasteiger partial charge in [-0.25, -0.2) is 4.98 Å². The molecule has 9 unspecified atom stereocenters. The van der Waals surface area contributed by atoms with Crippen molar-refractivity contribution in [3.05, 3.63) is 18.2 Å². The van der Waals surface area contributed by atoms with Gasteiger partial charge in [0.15, 0.2) is 18.2 Å². The highest BCUT2D eigenvalue weighted by Crippen LogP contribution is 2.87. The van der Waals surface area contributed by atoms with E-state index in [1.807, 2.05) is 0 Å². The molecule has 2 N–H and O–H groups in total. The van der Waals surface area contributed by atoms with Crippen LogP contribution in [0.15, 0.2) is 12.4 Å². The number of aromatic nitrogens is 2. The average Bonchev–Trinajstić information content (AvgIpc) is 3.28. The van der Waals surface area contributed by atoms with Crippen molar-refractivity contribution in [3.8, 4) is 0 Å². The first-order valence-electron chi connectivity index (χ1n) is 18.8. The fourth-order valence-corrected chi connectivity index (χ4v) is 13.2. The quantitative estimate of drug-likeness (QED) is 0.368. The topological polar surface area (TPSA) is 123 Å². The van der Waals surface area contributed by atoms with Crippen LogP contribution >= 0.6 is 0 Å². The van der Waals surface area contributed by atoms with E-state index in [2.05, 4.69) is 30.7 Å². The Morgan fingerprint density at radius 3 is 2.60 bits per heavy atom. The molecule has 12 atom stereocenters. The first-order chi connectivity index (χ1) is 22.7. The Labute approximate surface area is 286 Å². The number of esters is 1. The van der Waals surface area contributed by atoms with Crippen molar-refractivity contribution in [3.63, 3.8) is 0 Å². The molecule has 10 nitrogen and oxygen atoms in total. The molecule has 10 heteroatoms. The molecular formula is C38H59N3O7. The van der Waals surface area contributed by atoms with Crippen LogP contribution in [0.2, 0.25) is 0 Å². The summed E-state index contributed by atoms with van der Waals surface area (Å²) in [7, 11) is 0. The number of amides is 1. The number of hydrogen-bond acceptors (Lipinski definition) is 8. The maximum atomic E-state index is 13.0. The molecule has 2 saturated heterocycles. The lowest BCUT2D eigenvalue weighted by atomic mass is 9.46. The monoisotopic (exact) mass is 669 g/mol. The van der Waals surface area contributed by atoms with Crippen LogP contribution in [-0.2, 0) is 23.7 Å². The number of ether oxygens (including phenoxy) is 4. The van der Waals surface area contributed by atoms with Crippen molar-refractivity contribution in [2.45, 2.75) is 142 Å². The molecule has 1 aromatic rings. The fraction of sp³-hybridized carbons (Fsp3) is 0.868. The normalized spacial score (nSPS) is 45.1. The molecule has 2 spiro atoms. The number of aromatic amines is 1. The van der Waals surface area contributed by atoms with E-state index in [0.717, 1.165) is 31.6 Å². The van der Waals surface area contributed by atoms with Crippen LogP contribution in [0.25, 0.3) is 0 Å². The molecular weight excluding hydrogens is 610 g/mol. The van der Waals surface area contributed by atoms with E-state index < -0.39 is 18.0 Å². The van der Waals surface area contributed by atoms with Crippen molar-refractivity contribution in [1.82, 2.24) is 14.9 Å². The van der Waals surface area contributed by atoms with E-state index in [1.165, 1.54) is 45.4 Å². The van der Waals surface area contributed by atoms with Crippen molar-refractivity contribution in [2.75, 3.05) is 19.7 Å². The van der Waals surface area contributed by atoms with Gasteiger partial charge in [0.1, 0.15) is 0 Å². The van der Waals surface area contributed by atoms with Gasteiger partial charge in [-0.15, -0.1) is 0 Å². The summed E-state index contributed by atoms with van der Waals surface area (Å²) in [6, 6.07) is 0. The van der Waals surface area contributed by atoms with E-state index in [1.54, 1.807) is 31.1 Å². The molecule has 2 aliphatic heterocycles. The first-order valence-corrected chi connectivity index (χ1v) is 18.8. The summed E-state index contributed by atoms with van der Waals surface area (Å²) in [6.07, 6.45) is 13.9. The first kappa shape index (κ1) is 33.2. The molecule has 0 bridgehead atoms. The number of carbonyl (C=O) groups excluding carboxylic acids is 2. The number of imidazole rings is 1. The van der Waals surface area contributed by atoms with E-state index in [9.17, 15) is 14.7 Å². The van der Waals surface area contributed by atoms with Gasteiger partial charge in [-0.2, -0.15) is 0 Å². The third-order valence-electron chi connectivity index (χ3n) is 15.2. The van der Waals surface area contributed by atoms with Gasteiger partial charge in [0.05, 0.1) is 37.1 Å². The lowest BCUT2D eigenvalue weighted by Gasteiger charge is -2.60. The molecule has 1 aromatic heterocycles. The van der Waals surface area contributed by atoms with Crippen LogP contribution in [0.5, 0.6) is 0 Å². The second-order valence-corrected chi connectivity index (χ2v) is 18.1. The summed E-state index contributed by atoms with van der Waals surface area (Å²) in [5.41, 5.74) is -0.0334. The Bertz CT molecular complexity index is 1420. The van der Waals surface area contributed by atoms with Crippen molar-refractivity contribution in [2.24, 2.45) is 45.3 Å². The number of fused-ring (bicyclic) bond motifs is 4. The van der Waals surface area contributed by atoms with Gasteiger partial charge < -0.3 is 33.9 Å². The molecule has 48 heavy (non-hydrogen) atoms. The Kier molecular flexibility index (Phi) is 7.77. The van der Waals surface area contributed by atoms with Crippen LogP contribution in [0.3, 0.4) is 0 Å². The molecule has 0 aromatic carbocycles. The molecule has 3 heterocycles. The molecule has 7 aliphatic rings. The third kappa shape index (κ3) is 4.89. The van der Waals surface area contributed by atoms with Crippen molar-refractivity contribution >= 4 is 11.9 Å². The van der Waals surface area contributed by atoms with Gasteiger partial charge in [-0.1, -0.05) is 20.8 Å². The van der Waals surface area contributed by atoms with Crippen LogP contribution < -0.4 is 0 Å². The second-order valence-electron chi connectivity index (χ2n) is 18.1. The smallest absolute Gasteiger partial charge is 0.303 e. The van der Waals surface area contributed by atoms with E-state index in [0.29, 0.717) is 54.1 Å². The highest BCUT2D eigenvalue weighted by molar-refractivity contribution is 5.90. The van der Waals surface area contributed by atoms with Gasteiger partial charge in [0.25, 0.3) is 5.91 Å². The maximum absolute atomic E-state index is 13.0. The zero-order valence-electron chi connectivity index (χ0n) is 29.8. The van der Waals surface area contributed by atoms with Gasteiger partial charge in [0, 0.05) is 27.3 Å². The Balaban J connectivity index is 0.00000378. The summed E-state index contributed by atoms with van der Waals surface area (Å²) >= 11 is 0. The minimum absolute atomic E-state index is 0. The summed E-state index contributed by atoms with van der Waals surface area (Å²) in [4.78, 5) is 33.8. The Hall–Kier alpha value is -2.01. The number of hydrogen-bond donors (Lipinski definition) is 2. The zero-order chi connectivity index (χ0) is 33.9. The largest absolute Gasteiger partial charge is 0.457 e. The summed E-state index contributed by atoms with van der Waals surface area (Å²) in [5, 5.41) is 10.9. The zero-order valence-corrected chi connectivity index (χ0v) is 29.8. The number of morpholine rings is 1. The van der Waals surface area contributed by atoms with E-state index >= 15 is 0 Å². The Morgan fingerprint density at radius 1 is 1.08 bits per heavy atom. The molecule has 0 radical (unpaired) electrons. The molecule has 5 aliphatic carbocycles. The van der Waals surface area contributed by atoms with Gasteiger partial charge in [-0.3, -0.25) is 9.59 Å². The van der Waals surface area contributed by atoms with Crippen LogP contribution in [-0.4, -0.2) is 87.9 Å². The number of H-pyrrole nitrogens is 1. The SMILES string of the molecule is CC(=O)O[C@@H](C1CCC2C(CC3C4CCC5C(C)(C)[C@@H](OC6CN(C(=O)c7ncc[nH]7)CCO6)CCC56C[C@@]46CCC23C)O1)C(C)(C)O.[HH]. The lowest BCUT2D eigenvalue weighted by molar-refractivity contribution is -0.241. The van der Waals surface area contributed by atoms with Crippen molar-refractivity contribution < 1.29 is 35.1 Å². The number of nitrogens with zero attached hydrogens (tertiary/aromatic N) is 2. The van der Waals surface area contributed by atoms with Crippen LogP contribution in [0, 0.1) is 45.3 Å². The molecule has 8 rings (SSSR count). The second kappa shape index (κ2) is 11.2. The van der Waals surface area contributed by atoms with Crippen LogP contribution in [0.4, 0.5) is 0 Å². The third-order valence-corrected chi connectivity index (χ3v) is 15.2. The molecule has 1 amide bonds. The lowest BCUT2D eigenvalue weighted by Crippen LogP contribution is -2.56. The number of nitrogens with one attached hydrogen (secondary N) is 1. The highest BCUT2D eigenvalue weighted by atomic mass is 16.7. The van der Waals surface area contributed by atoms with Gasteiger partial charge in [0.2, 0.25) is 0 Å². The van der Waals surface area contributed by atoms with E-state index in [4.69, 9.17) is 18.9 Å². The van der Waals surface area contributed by atoms with Gasteiger partial charge in [-0.05, 0) is 123 Å². The highest BCUT2D eigenvalue weighted by Gasteiger charge is 2.80. The van der Waals surface area contributed by atoms with Crippen LogP contribution in [0.1, 0.15) is 118 Å². The maximum Gasteiger partial charge on any atom is 0.303 e. The Morgan fingerprint density at radius 2 is 1.88 bits per heavy atom. The summed E-state index contributed by atoms with van der Waals surface area (Å²) < 4.78 is 25.4.